The van der Waals surface area contributed by atoms with Crippen molar-refractivity contribution in [3.8, 4) is 0 Å². The van der Waals surface area contributed by atoms with Crippen LogP contribution in [0, 0.1) is 11.7 Å². The SMILES string of the molecule is CCC1CN(C(=O)c2ccc(Br)cc2F)CCC1=O. The summed E-state index contributed by atoms with van der Waals surface area (Å²) in [6.45, 7) is 2.70. The zero-order valence-corrected chi connectivity index (χ0v) is 12.2. The minimum absolute atomic E-state index is 0.0624. The van der Waals surface area contributed by atoms with E-state index in [1.807, 2.05) is 6.92 Å². The van der Waals surface area contributed by atoms with Gasteiger partial charge in [-0.2, -0.15) is 0 Å². The lowest BCUT2D eigenvalue weighted by Gasteiger charge is -2.31. The zero-order chi connectivity index (χ0) is 14.0. The Labute approximate surface area is 119 Å². The molecule has 0 spiro atoms. The first-order valence-corrected chi connectivity index (χ1v) is 7.09. The molecule has 1 atom stereocenters. The van der Waals surface area contributed by atoms with Crippen LogP contribution < -0.4 is 0 Å². The Morgan fingerprint density at radius 2 is 2.26 bits per heavy atom. The summed E-state index contributed by atoms with van der Waals surface area (Å²) < 4.78 is 14.4. The topological polar surface area (TPSA) is 37.4 Å². The number of hydrogen-bond acceptors (Lipinski definition) is 2. The molecule has 1 aromatic rings. The fourth-order valence-corrected chi connectivity index (χ4v) is 2.62. The Morgan fingerprint density at radius 1 is 1.53 bits per heavy atom. The Morgan fingerprint density at radius 3 is 2.89 bits per heavy atom. The lowest BCUT2D eigenvalue weighted by Crippen LogP contribution is -2.44. The highest BCUT2D eigenvalue weighted by atomic mass is 79.9. The van der Waals surface area contributed by atoms with Gasteiger partial charge in [0.2, 0.25) is 0 Å². The van der Waals surface area contributed by atoms with Gasteiger partial charge < -0.3 is 4.90 Å². The standard InChI is InChI=1S/C14H15BrFNO2/c1-2-9-8-17(6-5-13(9)18)14(19)11-4-3-10(15)7-12(11)16/h3-4,7,9H,2,5-6,8H2,1H3. The molecule has 1 fully saturated rings. The van der Waals surface area contributed by atoms with Gasteiger partial charge in [-0.05, 0) is 24.6 Å². The van der Waals surface area contributed by atoms with Gasteiger partial charge in [0.05, 0.1) is 5.56 Å². The summed E-state index contributed by atoms with van der Waals surface area (Å²) >= 11 is 3.16. The molecule has 0 aromatic heterocycles. The summed E-state index contributed by atoms with van der Waals surface area (Å²) in [4.78, 5) is 25.5. The van der Waals surface area contributed by atoms with Crippen LogP contribution in [0.25, 0.3) is 0 Å². The molecule has 3 nitrogen and oxygen atoms in total. The highest BCUT2D eigenvalue weighted by molar-refractivity contribution is 9.10. The maximum absolute atomic E-state index is 13.8. The van der Waals surface area contributed by atoms with Gasteiger partial charge in [-0.25, -0.2) is 4.39 Å². The molecule has 5 heteroatoms. The number of nitrogens with zero attached hydrogens (tertiary/aromatic N) is 1. The van der Waals surface area contributed by atoms with E-state index in [-0.39, 0.29) is 23.2 Å². The lowest BCUT2D eigenvalue weighted by molar-refractivity contribution is -0.125. The van der Waals surface area contributed by atoms with Crippen molar-refractivity contribution in [1.29, 1.82) is 0 Å². The first-order chi connectivity index (χ1) is 9.02. The zero-order valence-electron chi connectivity index (χ0n) is 10.7. The first-order valence-electron chi connectivity index (χ1n) is 6.30. The third-order valence-electron chi connectivity index (χ3n) is 3.47. The predicted octanol–water partition coefficient (Wildman–Crippen LogP) is 3.03. The van der Waals surface area contributed by atoms with Gasteiger partial charge in [-0.3, -0.25) is 9.59 Å². The predicted molar refractivity (Wildman–Crippen MR) is 73.4 cm³/mol. The smallest absolute Gasteiger partial charge is 0.256 e. The molecule has 1 amide bonds. The molecule has 2 rings (SSSR count). The van der Waals surface area contributed by atoms with Crippen LogP contribution in [-0.2, 0) is 4.79 Å². The second-order valence-electron chi connectivity index (χ2n) is 4.70. The van der Waals surface area contributed by atoms with Gasteiger partial charge in [-0.15, -0.1) is 0 Å². The molecule has 1 aliphatic rings. The molecule has 102 valence electrons. The monoisotopic (exact) mass is 327 g/mol. The summed E-state index contributed by atoms with van der Waals surface area (Å²) in [5.41, 5.74) is 0.0624. The number of amides is 1. The fourth-order valence-electron chi connectivity index (χ4n) is 2.28. The Kier molecular flexibility index (Phi) is 4.34. The number of Topliss-reactive ketones (excluding diaryl/α,β-unsaturated/α-hetero) is 1. The second-order valence-corrected chi connectivity index (χ2v) is 5.61. The molecular formula is C14H15BrFNO2. The van der Waals surface area contributed by atoms with Crippen LogP contribution >= 0.6 is 15.9 Å². The number of carbonyl (C=O) groups excluding carboxylic acids is 2. The molecular weight excluding hydrogens is 313 g/mol. The number of piperidine rings is 1. The Hall–Kier alpha value is -1.23. The van der Waals surface area contributed by atoms with E-state index in [0.29, 0.717) is 30.4 Å². The van der Waals surface area contributed by atoms with Gasteiger partial charge in [0.15, 0.2) is 0 Å². The summed E-state index contributed by atoms with van der Waals surface area (Å²) in [6.07, 6.45) is 1.08. The first kappa shape index (κ1) is 14.2. The third kappa shape index (κ3) is 3.03. The Bertz CT molecular complexity index is 518. The molecule has 0 bridgehead atoms. The summed E-state index contributed by atoms with van der Waals surface area (Å²) in [6, 6.07) is 4.39. The van der Waals surface area contributed by atoms with Crippen LogP contribution in [-0.4, -0.2) is 29.7 Å². The van der Waals surface area contributed by atoms with Crippen LogP contribution in [0.5, 0.6) is 0 Å². The highest BCUT2D eigenvalue weighted by Crippen LogP contribution is 2.21. The van der Waals surface area contributed by atoms with E-state index in [4.69, 9.17) is 0 Å². The van der Waals surface area contributed by atoms with Crippen LogP contribution in [0.2, 0.25) is 0 Å². The minimum Gasteiger partial charge on any atom is -0.337 e. The number of benzene rings is 1. The van der Waals surface area contributed by atoms with Gasteiger partial charge in [0.25, 0.3) is 5.91 Å². The van der Waals surface area contributed by atoms with E-state index in [0.717, 1.165) is 0 Å². The van der Waals surface area contributed by atoms with E-state index in [9.17, 15) is 14.0 Å². The molecule has 19 heavy (non-hydrogen) atoms. The van der Waals surface area contributed by atoms with Gasteiger partial charge in [0.1, 0.15) is 11.6 Å². The van der Waals surface area contributed by atoms with Crippen molar-refractivity contribution in [3.05, 3.63) is 34.1 Å². The molecule has 0 saturated carbocycles. The maximum Gasteiger partial charge on any atom is 0.256 e. The number of halogens is 2. The second kappa shape index (κ2) is 5.82. The van der Waals surface area contributed by atoms with E-state index in [1.165, 1.54) is 12.1 Å². The molecule has 1 heterocycles. The third-order valence-corrected chi connectivity index (χ3v) is 3.96. The van der Waals surface area contributed by atoms with Crippen molar-refractivity contribution in [2.24, 2.45) is 5.92 Å². The number of hydrogen-bond donors (Lipinski definition) is 0. The largest absolute Gasteiger partial charge is 0.337 e. The van der Waals surface area contributed by atoms with Crippen LogP contribution in [0.15, 0.2) is 22.7 Å². The van der Waals surface area contributed by atoms with Crippen LogP contribution in [0.1, 0.15) is 30.1 Å². The van der Waals surface area contributed by atoms with E-state index >= 15 is 0 Å². The molecule has 1 aromatic carbocycles. The number of carbonyl (C=O) groups is 2. The average Bonchev–Trinajstić information content (AvgIpc) is 2.38. The molecule has 1 saturated heterocycles. The number of rotatable bonds is 2. The molecule has 1 aliphatic heterocycles. The van der Waals surface area contributed by atoms with Gasteiger partial charge >= 0.3 is 0 Å². The summed E-state index contributed by atoms with van der Waals surface area (Å²) in [5.74, 6) is -0.792. The average molecular weight is 328 g/mol. The summed E-state index contributed by atoms with van der Waals surface area (Å²) in [5, 5.41) is 0. The maximum atomic E-state index is 13.8. The van der Waals surface area contributed by atoms with Crippen molar-refractivity contribution in [2.45, 2.75) is 19.8 Å². The normalized spacial score (nSPS) is 19.6. The van der Waals surface area contributed by atoms with Crippen molar-refractivity contribution in [3.63, 3.8) is 0 Å². The number of likely N-dealkylation sites (tertiary alicyclic amines) is 1. The van der Waals surface area contributed by atoms with Gasteiger partial charge in [-0.1, -0.05) is 22.9 Å². The molecule has 0 aliphatic carbocycles. The fraction of sp³-hybridized carbons (Fsp3) is 0.429. The minimum atomic E-state index is -0.538. The van der Waals surface area contributed by atoms with Crippen molar-refractivity contribution < 1.29 is 14.0 Å². The number of ketones is 1. The summed E-state index contributed by atoms with van der Waals surface area (Å²) in [7, 11) is 0. The van der Waals surface area contributed by atoms with Crippen LogP contribution in [0.3, 0.4) is 0 Å². The van der Waals surface area contributed by atoms with Crippen molar-refractivity contribution >= 4 is 27.6 Å². The lowest BCUT2D eigenvalue weighted by atomic mass is 9.93. The molecule has 0 radical (unpaired) electrons. The van der Waals surface area contributed by atoms with E-state index < -0.39 is 5.82 Å². The van der Waals surface area contributed by atoms with Crippen molar-refractivity contribution in [1.82, 2.24) is 4.90 Å². The quantitative estimate of drug-likeness (QED) is 0.837. The van der Waals surface area contributed by atoms with Gasteiger partial charge in [0, 0.05) is 29.9 Å². The van der Waals surface area contributed by atoms with Crippen LogP contribution in [0.4, 0.5) is 4.39 Å². The van der Waals surface area contributed by atoms with E-state index in [1.54, 1.807) is 11.0 Å². The van der Waals surface area contributed by atoms with Crippen molar-refractivity contribution in [2.75, 3.05) is 13.1 Å². The highest BCUT2D eigenvalue weighted by Gasteiger charge is 2.29. The molecule has 1 unspecified atom stereocenters. The Balaban J connectivity index is 2.18. The van der Waals surface area contributed by atoms with E-state index in [2.05, 4.69) is 15.9 Å². The molecule has 0 N–H and O–H groups in total.